The Balaban J connectivity index is 1.56. The number of methoxy groups -OCH3 is 2. The summed E-state index contributed by atoms with van der Waals surface area (Å²) in [6.45, 7) is 13.1. The molecule has 0 bridgehead atoms. The van der Waals surface area contributed by atoms with E-state index in [4.69, 9.17) is 13.9 Å². The summed E-state index contributed by atoms with van der Waals surface area (Å²) >= 11 is 0. The van der Waals surface area contributed by atoms with Crippen LogP contribution in [0.1, 0.15) is 56.9 Å². The predicted octanol–water partition coefficient (Wildman–Crippen LogP) is 5.78. The lowest BCUT2D eigenvalue weighted by Gasteiger charge is -2.47. The molecule has 2 atom stereocenters. The predicted molar refractivity (Wildman–Crippen MR) is 184 cm³/mol. The third-order valence-electron chi connectivity index (χ3n) is 10.2. The number of hydrogen-bond acceptors (Lipinski definition) is 8. The van der Waals surface area contributed by atoms with Gasteiger partial charge in [0.1, 0.15) is 5.75 Å². The number of carbonyl (C=O) groups excluding carboxylic acids is 2. The number of hydrazone groups is 1. The summed E-state index contributed by atoms with van der Waals surface area (Å²) in [6.07, 6.45) is 2.49. The van der Waals surface area contributed by atoms with E-state index in [0.29, 0.717) is 37.1 Å². The van der Waals surface area contributed by atoms with E-state index in [9.17, 15) is 18.0 Å². The lowest BCUT2D eigenvalue weighted by atomic mass is 9.82. The average molecular weight is 683 g/mol. The van der Waals surface area contributed by atoms with Gasteiger partial charge in [-0.05, 0) is 80.2 Å². The maximum atomic E-state index is 13.9. The highest BCUT2D eigenvalue weighted by Crippen LogP contribution is 2.46. The molecule has 3 heterocycles. The topological polar surface area (TPSA) is 129 Å². The molecule has 0 spiro atoms. The lowest BCUT2D eigenvalue weighted by molar-refractivity contribution is -0.131. The highest BCUT2D eigenvalue weighted by atomic mass is 32.2. The number of carbonyl (C=O) groups is 2. The smallest absolute Gasteiger partial charge is 0.418 e. The number of ether oxygens (including phenoxy) is 2. The van der Waals surface area contributed by atoms with E-state index in [0.717, 1.165) is 22.2 Å². The maximum Gasteiger partial charge on any atom is 0.418 e. The summed E-state index contributed by atoms with van der Waals surface area (Å²) in [5, 5.41) is 4.94. The normalized spacial score (nSPS) is 20.6. The van der Waals surface area contributed by atoms with Crippen LogP contribution in [0.2, 0.25) is 18.1 Å². The van der Waals surface area contributed by atoms with Gasteiger partial charge in [0.15, 0.2) is 8.32 Å². The quantitative estimate of drug-likeness (QED) is 0.181. The zero-order valence-corrected chi connectivity index (χ0v) is 30.4. The second kappa shape index (κ2) is 12.7. The van der Waals surface area contributed by atoms with Gasteiger partial charge < -0.3 is 18.8 Å². The van der Waals surface area contributed by atoms with E-state index in [-0.39, 0.29) is 28.7 Å². The monoisotopic (exact) mass is 682 g/mol. The molecule has 3 aromatic rings. The van der Waals surface area contributed by atoms with Crippen LogP contribution < -0.4 is 9.57 Å². The number of aryl methyl sites for hydroxylation is 1. The number of nitrogens with zero attached hydrogens (tertiary/aromatic N) is 3. The fraction of sp³-hybridized carbons (Fsp3) is 0.500. The molecule has 1 aromatic heterocycles. The molecule has 254 valence electrons. The Hall–Kier alpha value is -3.68. The number of amides is 1. The standard InChI is InChI=1S/C34H46N4O7SSi/c1-23-9-12-25(13-10-23)46(41,42)36-35-19-18-34-17-15-29-26(27-21-24(43-5)11-14-28(27)38(29)32(40)44-6)16-20-37(34)31(39)22-30(34)45-47(7,8)33(2,3)4/h9-14,19,21,30,36H,15-18,20,22H2,1-8H3/b35-19+/t30-,34+/m0/s1. The molecule has 2 aromatic carbocycles. The molecule has 2 aliphatic rings. The van der Waals surface area contributed by atoms with Gasteiger partial charge in [0.25, 0.3) is 10.0 Å². The first-order valence-corrected chi connectivity index (χ1v) is 20.3. The van der Waals surface area contributed by atoms with Gasteiger partial charge in [0, 0.05) is 30.3 Å². The Labute approximate surface area is 278 Å². The Morgan fingerprint density at radius 3 is 2.47 bits per heavy atom. The van der Waals surface area contributed by atoms with Crippen LogP contribution in [0, 0.1) is 6.92 Å². The molecular formula is C34H46N4O7SSi. The van der Waals surface area contributed by atoms with E-state index in [1.807, 2.05) is 30.0 Å². The molecule has 0 radical (unpaired) electrons. The maximum absolute atomic E-state index is 13.9. The summed E-state index contributed by atoms with van der Waals surface area (Å²) in [5.41, 5.74) is 2.63. The minimum absolute atomic E-state index is 0.0138. The van der Waals surface area contributed by atoms with Crippen LogP contribution in [0.3, 0.4) is 0 Å². The Kier molecular flexibility index (Phi) is 9.39. The van der Waals surface area contributed by atoms with Crippen molar-refractivity contribution in [3.8, 4) is 5.75 Å². The van der Waals surface area contributed by atoms with Crippen LogP contribution in [-0.4, -0.2) is 76.8 Å². The number of benzene rings is 2. The number of nitrogens with one attached hydrogen (secondary N) is 1. The van der Waals surface area contributed by atoms with Crippen molar-refractivity contribution in [2.75, 3.05) is 20.8 Å². The van der Waals surface area contributed by atoms with E-state index >= 15 is 0 Å². The highest BCUT2D eigenvalue weighted by molar-refractivity contribution is 7.89. The number of sulfonamides is 1. The van der Waals surface area contributed by atoms with E-state index in [1.54, 1.807) is 30.0 Å². The van der Waals surface area contributed by atoms with Gasteiger partial charge in [-0.3, -0.25) is 4.79 Å². The zero-order valence-electron chi connectivity index (χ0n) is 28.5. The summed E-state index contributed by atoms with van der Waals surface area (Å²) in [5.74, 6) is 0.656. The Bertz CT molecular complexity index is 1810. The number of aromatic nitrogens is 1. The van der Waals surface area contributed by atoms with Crippen molar-refractivity contribution in [2.45, 2.75) is 94.5 Å². The SMILES string of the molecule is COC(=O)n1c2c(c3cc(OC)ccc31)CCN1C(=O)C[C@H](O[Si](C)(C)C(C)(C)C)[C@]1(C/C=N/NS(=O)(=O)c1ccc(C)cc1)CC2. The number of hydrogen-bond donors (Lipinski definition) is 1. The van der Waals surface area contributed by atoms with Gasteiger partial charge in [-0.1, -0.05) is 38.5 Å². The van der Waals surface area contributed by atoms with Crippen LogP contribution in [-0.2, 0) is 36.8 Å². The lowest BCUT2D eigenvalue weighted by Crippen LogP contribution is -2.57. The van der Waals surface area contributed by atoms with Gasteiger partial charge in [0.05, 0.1) is 42.7 Å². The second-order valence-corrected chi connectivity index (χ2v) is 20.4. The van der Waals surface area contributed by atoms with E-state index in [1.165, 1.54) is 19.2 Å². The minimum atomic E-state index is -3.89. The molecule has 1 amide bonds. The molecule has 5 rings (SSSR count). The van der Waals surface area contributed by atoms with Crippen LogP contribution in [0.5, 0.6) is 5.75 Å². The van der Waals surface area contributed by atoms with Crippen molar-refractivity contribution in [1.29, 1.82) is 0 Å². The minimum Gasteiger partial charge on any atom is -0.497 e. The molecular weight excluding hydrogens is 637 g/mol. The largest absolute Gasteiger partial charge is 0.497 e. The molecule has 47 heavy (non-hydrogen) atoms. The van der Waals surface area contributed by atoms with Crippen LogP contribution in [0.4, 0.5) is 4.79 Å². The number of rotatable bonds is 8. The zero-order chi connectivity index (χ0) is 34.4. The van der Waals surface area contributed by atoms with Gasteiger partial charge in [-0.25, -0.2) is 14.2 Å². The fourth-order valence-corrected chi connectivity index (χ4v) is 8.73. The summed E-state index contributed by atoms with van der Waals surface area (Å²) < 4.78 is 45.3. The summed E-state index contributed by atoms with van der Waals surface area (Å²) in [4.78, 5) is 31.5. The van der Waals surface area contributed by atoms with Crippen molar-refractivity contribution in [2.24, 2.45) is 5.10 Å². The fourth-order valence-electron chi connectivity index (χ4n) is 6.55. The molecule has 2 aliphatic heterocycles. The average Bonchev–Trinajstić information content (AvgIpc) is 3.43. The first kappa shape index (κ1) is 34.6. The third kappa shape index (κ3) is 6.44. The summed E-state index contributed by atoms with van der Waals surface area (Å²) in [7, 11) is -3.27. The third-order valence-corrected chi connectivity index (χ3v) is 15.9. The second-order valence-electron chi connectivity index (χ2n) is 14.0. The van der Waals surface area contributed by atoms with Crippen LogP contribution >= 0.6 is 0 Å². The van der Waals surface area contributed by atoms with Crippen LogP contribution in [0.15, 0.2) is 52.5 Å². The van der Waals surface area contributed by atoms with E-state index < -0.39 is 36.1 Å². The molecule has 0 saturated carbocycles. The Morgan fingerprint density at radius 2 is 1.83 bits per heavy atom. The molecule has 1 N–H and O–H groups in total. The first-order chi connectivity index (χ1) is 22.0. The highest BCUT2D eigenvalue weighted by Gasteiger charge is 2.56. The van der Waals surface area contributed by atoms with Gasteiger partial charge in [-0.15, -0.1) is 0 Å². The van der Waals surface area contributed by atoms with Gasteiger partial charge >= 0.3 is 6.09 Å². The van der Waals surface area contributed by atoms with Crippen molar-refractivity contribution in [3.05, 3.63) is 59.3 Å². The molecule has 1 saturated heterocycles. The molecule has 13 heteroatoms. The molecule has 1 fully saturated rings. The summed E-state index contributed by atoms with van der Waals surface area (Å²) in [6, 6.07) is 12.1. The van der Waals surface area contributed by atoms with Crippen molar-refractivity contribution >= 4 is 47.5 Å². The van der Waals surface area contributed by atoms with Crippen molar-refractivity contribution in [3.63, 3.8) is 0 Å². The van der Waals surface area contributed by atoms with E-state index in [2.05, 4.69) is 43.8 Å². The number of fused-ring (bicyclic) bond motifs is 4. The Morgan fingerprint density at radius 1 is 1.13 bits per heavy atom. The van der Waals surface area contributed by atoms with Gasteiger partial charge in [-0.2, -0.15) is 13.5 Å². The van der Waals surface area contributed by atoms with Gasteiger partial charge in [0.2, 0.25) is 5.91 Å². The van der Waals surface area contributed by atoms with Crippen LogP contribution in [0.25, 0.3) is 10.9 Å². The first-order valence-electron chi connectivity index (χ1n) is 15.9. The molecule has 0 aliphatic carbocycles. The van der Waals surface area contributed by atoms with Crippen molar-refractivity contribution in [1.82, 2.24) is 14.3 Å². The van der Waals surface area contributed by atoms with Crippen molar-refractivity contribution < 1.29 is 31.9 Å². The molecule has 11 nitrogen and oxygen atoms in total. The molecule has 0 unspecified atom stereocenters.